The minimum Gasteiger partial charge on any atom is -0.380 e. The van der Waals surface area contributed by atoms with Gasteiger partial charge in [-0.25, -0.2) is 0 Å². The number of fused-ring (bicyclic) bond motifs is 2. The summed E-state index contributed by atoms with van der Waals surface area (Å²) in [5, 5.41) is 1.98. The molecule has 0 saturated carbocycles. The van der Waals surface area contributed by atoms with E-state index in [0.29, 0.717) is 24.3 Å². The number of piperidine rings is 1. The molecule has 0 spiro atoms. The molecule has 0 unspecified atom stereocenters. The largest absolute Gasteiger partial charge is 0.380 e. The molecular formula is C25H27N3O2. The molecule has 5 rings (SSSR count). The number of likely N-dealkylation sites (tertiary alicyclic amines) is 1. The Morgan fingerprint density at radius 1 is 1.03 bits per heavy atom. The van der Waals surface area contributed by atoms with E-state index in [1.807, 2.05) is 35.2 Å². The maximum Gasteiger partial charge on any atom is 0.273 e. The molecule has 0 aliphatic carbocycles. The first kappa shape index (κ1) is 19.2. The van der Waals surface area contributed by atoms with E-state index in [0.717, 1.165) is 50.0 Å². The highest BCUT2D eigenvalue weighted by molar-refractivity contribution is 6.05. The molecule has 30 heavy (non-hydrogen) atoms. The predicted octanol–water partition coefficient (Wildman–Crippen LogP) is 3.60. The molecule has 2 fully saturated rings. The van der Waals surface area contributed by atoms with Gasteiger partial charge in [-0.2, -0.15) is 0 Å². The number of benzene rings is 2. The van der Waals surface area contributed by atoms with Gasteiger partial charge in [-0.15, -0.1) is 0 Å². The summed E-state index contributed by atoms with van der Waals surface area (Å²) < 4.78 is 5.94. The van der Waals surface area contributed by atoms with Gasteiger partial charge in [0.25, 0.3) is 5.91 Å². The van der Waals surface area contributed by atoms with Gasteiger partial charge in [-0.05, 0) is 23.4 Å². The third-order valence-electron chi connectivity index (χ3n) is 6.41. The van der Waals surface area contributed by atoms with Crippen LogP contribution >= 0.6 is 0 Å². The Labute approximate surface area is 177 Å². The van der Waals surface area contributed by atoms with E-state index in [1.54, 1.807) is 6.20 Å². The molecule has 5 heteroatoms. The van der Waals surface area contributed by atoms with Crippen molar-refractivity contribution in [3.63, 3.8) is 0 Å². The quantitative estimate of drug-likeness (QED) is 0.673. The molecule has 1 aromatic heterocycles. The number of hydrogen-bond donors (Lipinski definition) is 0. The third kappa shape index (κ3) is 3.83. The minimum absolute atomic E-state index is 0.0316. The summed E-state index contributed by atoms with van der Waals surface area (Å²) in [5.41, 5.74) is 1.89. The fourth-order valence-electron chi connectivity index (χ4n) is 4.89. The summed E-state index contributed by atoms with van der Waals surface area (Å²) in [6.45, 7) is 4.82. The number of aromatic nitrogens is 1. The molecule has 0 N–H and O–H groups in total. The molecule has 3 aromatic rings. The molecule has 2 saturated heterocycles. The van der Waals surface area contributed by atoms with Gasteiger partial charge in [0.1, 0.15) is 5.69 Å². The Morgan fingerprint density at radius 3 is 2.77 bits per heavy atom. The Balaban J connectivity index is 1.34. The molecule has 0 radical (unpaired) electrons. The molecule has 1 amide bonds. The number of carbonyl (C=O) groups is 1. The van der Waals surface area contributed by atoms with E-state index >= 15 is 0 Å². The molecule has 3 heterocycles. The number of ether oxygens (including phenoxy) is 1. The van der Waals surface area contributed by atoms with Crippen molar-refractivity contribution >= 4 is 16.7 Å². The van der Waals surface area contributed by atoms with Crippen molar-refractivity contribution in [3.05, 3.63) is 78.1 Å². The lowest BCUT2D eigenvalue weighted by Gasteiger charge is -2.42. The van der Waals surface area contributed by atoms with E-state index < -0.39 is 0 Å². The summed E-state index contributed by atoms with van der Waals surface area (Å²) in [6, 6.07) is 21.0. The molecule has 0 bridgehead atoms. The Morgan fingerprint density at radius 2 is 1.87 bits per heavy atom. The second-order valence-corrected chi connectivity index (χ2v) is 8.28. The zero-order chi connectivity index (χ0) is 20.3. The van der Waals surface area contributed by atoms with Crippen molar-refractivity contribution in [1.29, 1.82) is 0 Å². The van der Waals surface area contributed by atoms with Crippen molar-refractivity contribution in [2.45, 2.75) is 19.0 Å². The molecule has 2 aliphatic rings. The highest BCUT2D eigenvalue weighted by atomic mass is 16.5. The van der Waals surface area contributed by atoms with Crippen LogP contribution in [0.4, 0.5) is 0 Å². The van der Waals surface area contributed by atoms with Crippen LogP contribution in [0.1, 0.15) is 22.5 Å². The van der Waals surface area contributed by atoms with Crippen LogP contribution in [0.5, 0.6) is 0 Å². The van der Waals surface area contributed by atoms with Crippen LogP contribution in [-0.2, 0) is 11.3 Å². The van der Waals surface area contributed by atoms with E-state index in [1.165, 1.54) is 5.56 Å². The lowest BCUT2D eigenvalue weighted by Crippen LogP contribution is -2.52. The summed E-state index contributed by atoms with van der Waals surface area (Å²) >= 11 is 0. The second-order valence-electron chi connectivity index (χ2n) is 8.28. The first-order valence-corrected chi connectivity index (χ1v) is 10.8. The van der Waals surface area contributed by atoms with E-state index in [2.05, 4.69) is 40.2 Å². The second kappa shape index (κ2) is 8.54. The van der Waals surface area contributed by atoms with Crippen LogP contribution in [0, 0.1) is 5.92 Å². The maximum absolute atomic E-state index is 13.4. The standard InChI is InChI=1S/C25H27N3O2/c29-25(24-22-9-5-4-8-20(22)10-12-26-24)28-13-11-23-21(17-28)18-30-15-14-27(23)16-19-6-2-1-3-7-19/h1-10,12,21,23H,11,13-18H2/t21-,23-/m1/s1. The smallest absolute Gasteiger partial charge is 0.273 e. The highest BCUT2D eigenvalue weighted by Crippen LogP contribution is 2.28. The van der Waals surface area contributed by atoms with Crippen molar-refractivity contribution in [2.75, 3.05) is 32.8 Å². The molecule has 5 nitrogen and oxygen atoms in total. The third-order valence-corrected chi connectivity index (χ3v) is 6.41. The van der Waals surface area contributed by atoms with Crippen LogP contribution in [0.2, 0.25) is 0 Å². The predicted molar refractivity (Wildman–Crippen MR) is 117 cm³/mol. The average Bonchev–Trinajstić information content (AvgIpc) is 3.00. The number of carbonyl (C=O) groups excluding carboxylic acids is 1. The van der Waals surface area contributed by atoms with Crippen LogP contribution in [-0.4, -0.2) is 59.6 Å². The minimum atomic E-state index is 0.0316. The molecule has 2 atom stereocenters. The number of pyridine rings is 1. The van der Waals surface area contributed by atoms with Crippen molar-refractivity contribution in [3.8, 4) is 0 Å². The zero-order valence-electron chi connectivity index (χ0n) is 17.1. The topological polar surface area (TPSA) is 45.7 Å². The van der Waals surface area contributed by atoms with Gasteiger partial charge >= 0.3 is 0 Å². The summed E-state index contributed by atoms with van der Waals surface area (Å²) in [7, 11) is 0. The molecular weight excluding hydrogens is 374 g/mol. The van der Waals surface area contributed by atoms with E-state index in [9.17, 15) is 4.79 Å². The summed E-state index contributed by atoms with van der Waals surface area (Å²) in [5.74, 6) is 0.355. The highest BCUT2D eigenvalue weighted by Gasteiger charge is 2.37. The maximum atomic E-state index is 13.4. The summed E-state index contributed by atoms with van der Waals surface area (Å²) in [6.07, 6.45) is 2.70. The van der Waals surface area contributed by atoms with E-state index in [-0.39, 0.29) is 5.91 Å². The molecule has 154 valence electrons. The van der Waals surface area contributed by atoms with Gasteiger partial charge in [-0.1, -0.05) is 54.6 Å². The lowest BCUT2D eigenvalue weighted by atomic mass is 9.90. The van der Waals surface area contributed by atoms with Gasteiger partial charge in [-0.3, -0.25) is 14.7 Å². The van der Waals surface area contributed by atoms with Crippen molar-refractivity contribution in [1.82, 2.24) is 14.8 Å². The van der Waals surface area contributed by atoms with Crippen LogP contribution in [0.25, 0.3) is 10.8 Å². The Bertz CT molecular complexity index is 1020. The van der Waals surface area contributed by atoms with Gasteiger partial charge in [0, 0.05) is 49.7 Å². The van der Waals surface area contributed by atoms with Gasteiger partial charge in [0.05, 0.1) is 13.2 Å². The Kier molecular flexibility index (Phi) is 5.47. The van der Waals surface area contributed by atoms with Crippen molar-refractivity contribution < 1.29 is 9.53 Å². The number of amides is 1. The molecule has 2 aliphatic heterocycles. The normalized spacial score (nSPS) is 22.5. The fourth-order valence-corrected chi connectivity index (χ4v) is 4.89. The number of nitrogens with zero attached hydrogens (tertiary/aromatic N) is 3. The zero-order valence-corrected chi connectivity index (χ0v) is 17.1. The number of rotatable bonds is 3. The fraction of sp³-hybridized carbons (Fsp3) is 0.360. The number of hydrogen-bond acceptors (Lipinski definition) is 4. The van der Waals surface area contributed by atoms with Crippen molar-refractivity contribution in [2.24, 2.45) is 5.92 Å². The first-order valence-electron chi connectivity index (χ1n) is 10.8. The average molecular weight is 402 g/mol. The van der Waals surface area contributed by atoms with Gasteiger partial charge in [0.15, 0.2) is 0 Å². The monoisotopic (exact) mass is 401 g/mol. The Hall–Kier alpha value is -2.76. The van der Waals surface area contributed by atoms with Gasteiger partial charge < -0.3 is 9.64 Å². The SMILES string of the molecule is O=C(c1nccc2ccccc12)N1CC[C@@H]2[C@@H](COCCN2Cc2ccccc2)C1. The molecule has 2 aromatic carbocycles. The van der Waals surface area contributed by atoms with Gasteiger partial charge in [0.2, 0.25) is 0 Å². The summed E-state index contributed by atoms with van der Waals surface area (Å²) in [4.78, 5) is 22.3. The van der Waals surface area contributed by atoms with E-state index in [4.69, 9.17) is 4.74 Å². The van der Waals surface area contributed by atoms with Crippen LogP contribution in [0.3, 0.4) is 0 Å². The lowest BCUT2D eigenvalue weighted by molar-refractivity contribution is 0.0367. The van der Waals surface area contributed by atoms with Crippen LogP contribution < -0.4 is 0 Å². The first-order chi connectivity index (χ1) is 14.8. The van der Waals surface area contributed by atoms with Crippen LogP contribution in [0.15, 0.2) is 66.9 Å².